The first-order valence-electron chi connectivity index (χ1n) is 11.2. The molecule has 1 fully saturated rings. The van der Waals surface area contributed by atoms with Gasteiger partial charge in [-0.2, -0.15) is 5.10 Å². The molecule has 2 atom stereocenters. The fourth-order valence-corrected chi connectivity index (χ4v) is 4.86. The van der Waals surface area contributed by atoms with Crippen LogP contribution in [0.4, 0.5) is 5.82 Å². The first-order chi connectivity index (χ1) is 15.6. The maximum Gasteiger partial charge on any atom is 0.129 e. The van der Waals surface area contributed by atoms with Crippen molar-refractivity contribution < 1.29 is 4.74 Å². The molecule has 1 N–H and O–H groups in total. The number of thioether (sulfide) groups is 1. The Morgan fingerprint density at radius 3 is 2.69 bits per heavy atom. The number of morpholine rings is 1. The number of fused-ring (bicyclic) bond motifs is 1. The number of aryl methyl sites for hydroxylation is 1. The molecule has 1 saturated heterocycles. The van der Waals surface area contributed by atoms with Gasteiger partial charge in [0.25, 0.3) is 0 Å². The number of rotatable bonds is 3. The first-order valence-corrected chi connectivity index (χ1v) is 12.5. The van der Waals surface area contributed by atoms with Crippen LogP contribution in [0.25, 0.3) is 17.2 Å². The lowest BCUT2D eigenvalue weighted by molar-refractivity contribution is 0.0985. The number of allylic oxidation sites excluding steroid dienone is 1. The Kier molecular flexibility index (Phi) is 7.33. The molecule has 0 radical (unpaired) electrons. The Morgan fingerprint density at radius 1 is 1.16 bits per heavy atom. The average molecular weight is 449 g/mol. The molecule has 0 amide bonds. The van der Waals surface area contributed by atoms with Crippen molar-refractivity contribution in [3.05, 3.63) is 65.6 Å². The summed E-state index contributed by atoms with van der Waals surface area (Å²) in [4.78, 5) is 8.84. The minimum atomic E-state index is 0.354. The van der Waals surface area contributed by atoms with Crippen LogP contribution >= 0.6 is 11.8 Å². The molecule has 5 rings (SSSR count). The maximum atomic E-state index is 5.63. The Hall–Kier alpha value is -2.57. The van der Waals surface area contributed by atoms with E-state index >= 15 is 0 Å². The molecule has 1 aliphatic carbocycles. The fraction of sp³-hybridized carbons (Fsp3) is 0.385. The third-order valence-electron chi connectivity index (χ3n) is 6.01. The molecular formula is C26H32N4OS. The molecule has 6 heteroatoms. The van der Waals surface area contributed by atoms with Crippen molar-refractivity contribution in [1.29, 1.82) is 0 Å². The predicted octanol–water partition coefficient (Wildman–Crippen LogP) is 5.93. The summed E-state index contributed by atoms with van der Waals surface area (Å²) in [5.74, 6) is 1.54. The van der Waals surface area contributed by atoms with E-state index in [1.165, 1.54) is 27.3 Å². The van der Waals surface area contributed by atoms with E-state index in [4.69, 9.17) is 9.72 Å². The molecule has 1 aromatic carbocycles. The molecule has 2 unspecified atom stereocenters. The lowest BCUT2D eigenvalue weighted by Crippen LogP contribution is -2.44. The molecule has 0 bridgehead atoms. The van der Waals surface area contributed by atoms with Gasteiger partial charge in [0, 0.05) is 34.8 Å². The van der Waals surface area contributed by atoms with Gasteiger partial charge in [0.15, 0.2) is 0 Å². The van der Waals surface area contributed by atoms with E-state index in [1.807, 2.05) is 13.0 Å². The lowest BCUT2D eigenvalue weighted by Gasteiger charge is -2.35. The van der Waals surface area contributed by atoms with Gasteiger partial charge in [-0.3, -0.25) is 5.10 Å². The standard InChI is InChI=1S/C22H26N2OS.C4H6N2/c1-15-7-6-9-18-19(17-8-4-5-10-20(17)26-3)13-21(23-22(15)18)24-11-12-25-14-16(24)2;1-4-2-3-5-6-4/h4-6,8-10,13,15-16H,7,11-12,14H2,1-3H3;2-3H,1H3,(H,5,6). The summed E-state index contributed by atoms with van der Waals surface area (Å²) >= 11 is 1.81. The molecule has 0 saturated carbocycles. The smallest absolute Gasteiger partial charge is 0.129 e. The normalized spacial score (nSPS) is 19.8. The summed E-state index contributed by atoms with van der Waals surface area (Å²) < 4.78 is 5.63. The fourth-order valence-electron chi connectivity index (χ4n) is 4.24. The molecule has 0 spiro atoms. The van der Waals surface area contributed by atoms with Gasteiger partial charge in [-0.15, -0.1) is 11.8 Å². The van der Waals surface area contributed by atoms with Gasteiger partial charge in [-0.1, -0.05) is 37.3 Å². The summed E-state index contributed by atoms with van der Waals surface area (Å²) in [5, 5.41) is 6.45. The van der Waals surface area contributed by atoms with Crippen molar-refractivity contribution in [2.45, 2.75) is 44.0 Å². The van der Waals surface area contributed by atoms with Crippen molar-refractivity contribution in [3.63, 3.8) is 0 Å². The van der Waals surface area contributed by atoms with E-state index in [0.717, 1.165) is 37.7 Å². The summed E-state index contributed by atoms with van der Waals surface area (Å²) in [6, 6.07) is 13.3. The molecular weight excluding hydrogens is 416 g/mol. The second-order valence-corrected chi connectivity index (χ2v) is 9.27. The van der Waals surface area contributed by atoms with Crippen LogP contribution < -0.4 is 4.90 Å². The second kappa shape index (κ2) is 10.4. The van der Waals surface area contributed by atoms with Crippen molar-refractivity contribution in [2.24, 2.45) is 0 Å². The highest BCUT2D eigenvalue weighted by Crippen LogP contribution is 2.40. The van der Waals surface area contributed by atoms with E-state index in [2.05, 4.69) is 77.7 Å². The Balaban J connectivity index is 0.000000354. The van der Waals surface area contributed by atoms with Gasteiger partial charge >= 0.3 is 0 Å². The van der Waals surface area contributed by atoms with Gasteiger partial charge < -0.3 is 9.64 Å². The first kappa shape index (κ1) is 22.6. The zero-order chi connectivity index (χ0) is 22.5. The summed E-state index contributed by atoms with van der Waals surface area (Å²) in [6.45, 7) is 8.92. The number of nitrogens with zero attached hydrogens (tertiary/aromatic N) is 3. The number of aromatic nitrogens is 3. The van der Waals surface area contributed by atoms with Crippen LogP contribution in [0.5, 0.6) is 0 Å². The Morgan fingerprint density at radius 2 is 2.00 bits per heavy atom. The zero-order valence-electron chi connectivity index (χ0n) is 19.3. The summed E-state index contributed by atoms with van der Waals surface area (Å²) in [7, 11) is 0. The van der Waals surface area contributed by atoms with E-state index in [9.17, 15) is 0 Å². The van der Waals surface area contributed by atoms with Crippen LogP contribution in [0.2, 0.25) is 0 Å². The number of hydrogen-bond acceptors (Lipinski definition) is 5. The number of benzene rings is 1. The molecule has 3 heterocycles. The van der Waals surface area contributed by atoms with Crippen LogP contribution in [0.15, 0.2) is 53.6 Å². The van der Waals surface area contributed by atoms with Crippen LogP contribution in [0, 0.1) is 6.92 Å². The van der Waals surface area contributed by atoms with Gasteiger partial charge in [0.1, 0.15) is 5.82 Å². The molecule has 5 nitrogen and oxygen atoms in total. The zero-order valence-corrected chi connectivity index (χ0v) is 20.2. The average Bonchev–Trinajstić information content (AvgIpc) is 3.30. The van der Waals surface area contributed by atoms with Crippen molar-refractivity contribution in [2.75, 3.05) is 30.9 Å². The minimum Gasteiger partial charge on any atom is -0.377 e. The quantitative estimate of drug-likeness (QED) is 0.503. The van der Waals surface area contributed by atoms with Gasteiger partial charge in [0.05, 0.1) is 24.9 Å². The highest BCUT2D eigenvalue weighted by Gasteiger charge is 2.25. The monoisotopic (exact) mass is 448 g/mol. The molecule has 168 valence electrons. The maximum absolute atomic E-state index is 5.63. The molecule has 2 aromatic heterocycles. The molecule has 2 aliphatic rings. The topological polar surface area (TPSA) is 54.0 Å². The summed E-state index contributed by atoms with van der Waals surface area (Å²) in [5.41, 5.74) is 6.23. The van der Waals surface area contributed by atoms with E-state index < -0.39 is 0 Å². The molecule has 32 heavy (non-hydrogen) atoms. The number of hydrogen-bond donors (Lipinski definition) is 1. The minimum absolute atomic E-state index is 0.354. The number of anilines is 1. The number of ether oxygens (including phenoxy) is 1. The van der Waals surface area contributed by atoms with Crippen molar-refractivity contribution >= 4 is 23.7 Å². The van der Waals surface area contributed by atoms with E-state index in [-0.39, 0.29) is 0 Å². The highest BCUT2D eigenvalue weighted by molar-refractivity contribution is 7.98. The highest BCUT2D eigenvalue weighted by atomic mass is 32.2. The van der Waals surface area contributed by atoms with Gasteiger partial charge in [0.2, 0.25) is 0 Å². The Labute approximate surface area is 195 Å². The van der Waals surface area contributed by atoms with Gasteiger partial charge in [-0.25, -0.2) is 4.98 Å². The molecule has 3 aromatic rings. The third kappa shape index (κ3) is 4.92. The largest absolute Gasteiger partial charge is 0.377 e. The van der Waals surface area contributed by atoms with Crippen molar-refractivity contribution in [3.8, 4) is 11.1 Å². The van der Waals surface area contributed by atoms with Gasteiger partial charge in [-0.05, 0) is 55.9 Å². The lowest BCUT2D eigenvalue weighted by atomic mass is 9.88. The van der Waals surface area contributed by atoms with Crippen LogP contribution in [0.1, 0.15) is 43.1 Å². The number of nitrogens with one attached hydrogen (secondary N) is 1. The van der Waals surface area contributed by atoms with Crippen LogP contribution in [-0.2, 0) is 4.74 Å². The SMILES string of the molecule is CSc1ccccc1-c1cc(N2CCOCC2C)nc2c1C=CCC2C.Cc1ccn[nH]1. The second-order valence-electron chi connectivity index (χ2n) is 8.42. The van der Waals surface area contributed by atoms with Crippen LogP contribution in [-0.4, -0.2) is 47.2 Å². The van der Waals surface area contributed by atoms with E-state index in [1.54, 1.807) is 18.0 Å². The third-order valence-corrected chi connectivity index (χ3v) is 6.81. The van der Waals surface area contributed by atoms with E-state index in [0.29, 0.717) is 12.0 Å². The van der Waals surface area contributed by atoms with Crippen molar-refractivity contribution in [1.82, 2.24) is 15.2 Å². The Bertz CT molecular complexity index is 1060. The number of H-pyrrole nitrogens is 1. The predicted molar refractivity (Wildman–Crippen MR) is 134 cm³/mol. The molecule has 1 aliphatic heterocycles. The summed E-state index contributed by atoms with van der Waals surface area (Å²) in [6.07, 6.45) is 9.50. The van der Waals surface area contributed by atoms with Crippen LogP contribution in [0.3, 0.4) is 0 Å². The number of aromatic amines is 1. The number of pyridine rings is 1.